The Labute approximate surface area is 142 Å². The van der Waals surface area contributed by atoms with Crippen LogP contribution in [0.25, 0.3) is 5.69 Å². The van der Waals surface area contributed by atoms with Gasteiger partial charge in [0.05, 0.1) is 5.69 Å². The molecule has 1 aromatic heterocycles. The molecule has 4 nitrogen and oxygen atoms in total. The quantitative estimate of drug-likeness (QED) is 0.484. The average Bonchev–Trinajstić information content (AvgIpc) is 2.67. The fourth-order valence-corrected chi connectivity index (χ4v) is 1.42. The molecule has 0 aliphatic heterocycles. The summed E-state index contributed by atoms with van der Waals surface area (Å²) in [6.45, 7) is 1.29. The molecule has 1 heterocycles. The van der Waals surface area contributed by atoms with E-state index in [1.807, 2.05) is 0 Å². The Bertz CT molecular complexity index is 560. The molecular formula is C8H6F3KN4S. The number of hydrogen-bond acceptors (Lipinski definition) is 4. The first-order valence-electron chi connectivity index (χ1n) is 4.14. The second kappa shape index (κ2) is 5.80. The van der Waals surface area contributed by atoms with Crippen molar-refractivity contribution in [1.82, 2.24) is 20.2 Å². The van der Waals surface area contributed by atoms with Gasteiger partial charge < -0.3 is 0 Å². The van der Waals surface area contributed by atoms with Gasteiger partial charge in [0.15, 0.2) is 17.5 Å². The van der Waals surface area contributed by atoms with Crippen LogP contribution in [0, 0.1) is 24.4 Å². The van der Waals surface area contributed by atoms with Crippen LogP contribution in [0.1, 0.15) is 5.56 Å². The van der Waals surface area contributed by atoms with E-state index in [1.165, 1.54) is 6.92 Å². The summed E-state index contributed by atoms with van der Waals surface area (Å²) in [6, 6.07) is 0.809. The molecule has 2 aromatic rings. The zero-order chi connectivity index (χ0) is 11.9. The molecule has 1 aromatic carbocycles. The van der Waals surface area contributed by atoms with E-state index in [9.17, 15) is 13.2 Å². The van der Waals surface area contributed by atoms with Crippen LogP contribution in [0.3, 0.4) is 0 Å². The number of halogens is 3. The Balaban J connectivity index is 0.00000144. The van der Waals surface area contributed by atoms with Gasteiger partial charge in [-0.3, -0.25) is 0 Å². The van der Waals surface area contributed by atoms with Crippen molar-refractivity contribution in [3.63, 3.8) is 0 Å². The number of benzene rings is 1. The van der Waals surface area contributed by atoms with Crippen molar-refractivity contribution in [2.75, 3.05) is 0 Å². The molecule has 0 N–H and O–H groups in total. The molecule has 0 radical (unpaired) electrons. The van der Waals surface area contributed by atoms with Gasteiger partial charge in [-0.15, -0.1) is 17.7 Å². The molecule has 17 heavy (non-hydrogen) atoms. The molecule has 0 fully saturated rings. The predicted molar refractivity (Wildman–Crippen MR) is 58.2 cm³/mol. The van der Waals surface area contributed by atoms with E-state index in [2.05, 4.69) is 28.2 Å². The minimum atomic E-state index is -1.52. The molecular weight excluding hydrogens is 280 g/mol. The van der Waals surface area contributed by atoms with E-state index in [-0.39, 0.29) is 67.8 Å². The van der Waals surface area contributed by atoms with Crippen LogP contribution in [-0.4, -0.2) is 71.6 Å². The topological polar surface area (TPSA) is 43.6 Å². The van der Waals surface area contributed by atoms with Gasteiger partial charge in [0.1, 0.15) is 0 Å². The molecule has 0 unspecified atom stereocenters. The Morgan fingerprint density at radius 3 is 2.41 bits per heavy atom. The van der Waals surface area contributed by atoms with Gasteiger partial charge in [-0.2, -0.15) is 4.68 Å². The second-order valence-corrected chi connectivity index (χ2v) is 3.42. The van der Waals surface area contributed by atoms with Gasteiger partial charge in [-0.1, -0.05) is 0 Å². The van der Waals surface area contributed by atoms with Gasteiger partial charge in [0.2, 0.25) is 5.16 Å². The summed E-state index contributed by atoms with van der Waals surface area (Å²) in [6.07, 6.45) is 0. The summed E-state index contributed by atoms with van der Waals surface area (Å²) in [4.78, 5) is 0. The first-order valence-corrected chi connectivity index (χ1v) is 4.59. The van der Waals surface area contributed by atoms with Crippen LogP contribution >= 0.6 is 12.6 Å². The van der Waals surface area contributed by atoms with Crippen molar-refractivity contribution in [2.45, 2.75) is 12.1 Å². The first-order chi connectivity index (χ1) is 7.52. The zero-order valence-electron chi connectivity index (χ0n) is 7.95. The standard InChI is InChI=1S/C8H5F3N4S.K.H/c1-3-5(15-8(16)12-13-14-15)2-4(9)7(11)6(3)10;;/h2H,1H3,(H,12,14,16);;. The van der Waals surface area contributed by atoms with Gasteiger partial charge in [0.25, 0.3) is 0 Å². The number of hydrogen-bond donors (Lipinski definition) is 1. The molecule has 0 aliphatic carbocycles. The fourth-order valence-electron chi connectivity index (χ4n) is 1.23. The van der Waals surface area contributed by atoms with Crippen molar-refractivity contribution in [3.8, 4) is 5.69 Å². The third-order valence-electron chi connectivity index (χ3n) is 2.06. The molecule has 0 saturated heterocycles. The SMILES string of the molecule is Cc1c(-n2nnnc2S)cc(F)c(F)c1F.[KH]. The van der Waals surface area contributed by atoms with Crippen molar-refractivity contribution >= 4 is 64.0 Å². The molecule has 2 rings (SSSR count). The van der Waals surface area contributed by atoms with Crippen LogP contribution in [0.5, 0.6) is 0 Å². The second-order valence-electron chi connectivity index (χ2n) is 3.02. The summed E-state index contributed by atoms with van der Waals surface area (Å²) in [5, 5.41) is 10.2. The molecule has 0 atom stereocenters. The van der Waals surface area contributed by atoms with Gasteiger partial charge in [-0.25, -0.2) is 13.2 Å². The molecule has 0 saturated carbocycles. The minimum absolute atomic E-state index is 0. The van der Waals surface area contributed by atoms with Crippen LogP contribution < -0.4 is 0 Å². The van der Waals surface area contributed by atoms with E-state index in [1.54, 1.807) is 0 Å². The Morgan fingerprint density at radius 1 is 1.24 bits per heavy atom. The van der Waals surface area contributed by atoms with Gasteiger partial charge >= 0.3 is 51.4 Å². The van der Waals surface area contributed by atoms with Crippen molar-refractivity contribution < 1.29 is 13.2 Å². The molecule has 0 amide bonds. The summed E-state index contributed by atoms with van der Waals surface area (Å²) in [5.74, 6) is -4.09. The number of aromatic nitrogens is 4. The summed E-state index contributed by atoms with van der Waals surface area (Å²) < 4.78 is 40.2. The van der Waals surface area contributed by atoms with Crippen molar-refractivity contribution in [3.05, 3.63) is 29.1 Å². The normalized spacial score (nSPS) is 10.2. The van der Waals surface area contributed by atoms with E-state index in [0.29, 0.717) is 0 Å². The fraction of sp³-hybridized carbons (Fsp3) is 0.125. The number of thiol groups is 1. The molecule has 9 heteroatoms. The maximum atomic E-state index is 13.3. The summed E-state index contributed by atoms with van der Waals surface area (Å²) in [7, 11) is 0. The zero-order valence-corrected chi connectivity index (χ0v) is 8.84. The first kappa shape index (κ1) is 15.1. The number of rotatable bonds is 1. The number of nitrogens with zero attached hydrogens (tertiary/aromatic N) is 4. The Kier molecular flexibility index (Phi) is 5.16. The molecule has 0 spiro atoms. The van der Waals surface area contributed by atoms with Crippen LogP contribution in [0.4, 0.5) is 13.2 Å². The molecule has 0 aliphatic rings. The molecule has 86 valence electrons. The Hall–Kier alpha value is 0.0664. The average molecular weight is 286 g/mol. The Morgan fingerprint density at radius 2 is 1.88 bits per heavy atom. The van der Waals surface area contributed by atoms with Crippen molar-refractivity contribution in [2.24, 2.45) is 0 Å². The summed E-state index contributed by atoms with van der Waals surface area (Å²) >= 11 is 3.89. The van der Waals surface area contributed by atoms with Crippen LogP contribution in [0.2, 0.25) is 0 Å². The van der Waals surface area contributed by atoms with Crippen LogP contribution in [-0.2, 0) is 0 Å². The maximum absolute atomic E-state index is 13.3. The van der Waals surface area contributed by atoms with E-state index in [4.69, 9.17) is 0 Å². The van der Waals surface area contributed by atoms with Crippen LogP contribution in [0.15, 0.2) is 11.2 Å². The van der Waals surface area contributed by atoms with E-state index < -0.39 is 17.5 Å². The monoisotopic (exact) mass is 286 g/mol. The number of tetrazole rings is 1. The van der Waals surface area contributed by atoms with Crippen molar-refractivity contribution in [1.29, 1.82) is 0 Å². The van der Waals surface area contributed by atoms with E-state index in [0.717, 1.165) is 10.7 Å². The molecule has 0 bridgehead atoms. The third-order valence-corrected chi connectivity index (χ3v) is 2.34. The van der Waals surface area contributed by atoms with Gasteiger partial charge in [-0.05, 0) is 17.4 Å². The summed E-state index contributed by atoms with van der Waals surface area (Å²) in [5.41, 5.74) is -0.0899. The predicted octanol–water partition coefficient (Wildman–Crippen LogP) is 1.03. The van der Waals surface area contributed by atoms with Gasteiger partial charge in [0, 0.05) is 11.6 Å². The van der Waals surface area contributed by atoms with E-state index >= 15 is 0 Å². The third kappa shape index (κ3) is 2.74.